The van der Waals surface area contributed by atoms with E-state index in [9.17, 15) is 16.8 Å². The molecule has 3 fully saturated rings. The average molecular weight is 1100 g/mol. The summed E-state index contributed by atoms with van der Waals surface area (Å²) in [6, 6.07) is 15.7. The number of pyridine rings is 2. The molecule has 0 bridgehead atoms. The second-order valence-corrected chi connectivity index (χ2v) is 27.6. The molecule has 406 valence electrons. The molecule has 0 amide bonds. The Morgan fingerprint density at radius 3 is 1.58 bits per heavy atom. The lowest BCUT2D eigenvalue weighted by Gasteiger charge is -2.45. The second-order valence-electron chi connectivity index (χ2n) is 22.1. The van der Waals surface area contributed by atoms with E-state index in [1.165, 1.54) is 12.5 Å². The normalized spacial score (nSPS) is 21.9. The number of morpholine rings is 2. The van der Waals surface area contributed by atoms with E-state index in [2.05, 4.69) is 64.4 Å². The lowest BCUT2D eigenvalue weighted by molar-refractivity contribution is 0.00578. The van der Waals surface area contributed by atoms with Crippen LogP contribution in [0.2, 0.25) is 5.28 Å². The minimum atomic E-state index is -3.51. The lowest BCUT2D eigenvalue weighted by atomic mass is 9.78. The third-order valence-corrected chi connectivity index (χ3v) is 19.6. The number of fused-ring (bicyclic) bond motifs is 8. The molecule has 11 rings (SSSR count). The predicted molar refractivity (Wildman–Crippen MR) is 296 cm³/mol. The summed E-state index contributed by atoms with van der Waals surface area (Å²) >= 11 is 6.09. The van der Waals surface area contributed by atoms with Crippen LogP contribution < -0.4 is 36.2 Å². The maximum absolute atomic E-state index is 12.8. The van der Waals surface area contributed by atoms with Crippen molar-refractivity contribution in [2.75, 3.05) is 73.4 Å². The standard InChI is InChI=1S/C23H27N5O4S.C15H19BN2O2.C14H20ClN3O4S/c1-13-10-31-11-17-12-32-19-20(23(2,3)33(4,29)30)26-21(27-22(19)28(13)17)15-6-5-14-8-18(24)25-9-16(14)7-15;1-14(2)15(3,4)20-16(19-14)12-6-5-10-8-13(17)18-9-11(10)7-12;1-8-5-21-6-9-7-22-10-11(14(2,3)23(4,19)20)16-13(15)17-12(10)18(8)9/h5-9,13,17H,10-12H2,1-4H3,(H2,24,25);5-9H,1-4H3,(H2,17,18);8-9H,5-7H2,1-4H3/t13-,17+;;8-,9+/m1.1/s1. The quantitative estimate of drug-likeness (QED) is 0.142. The second kappa shape index (κ2) is 20.0. The van der Waals surface area contributed by atoms with Gasteiger partial charge in [-0.1, -0.05) is 30.3 Å². The fourth-order valence-corrected chi connectivity index (χ4v) is 10.7. The Hall–Kier alpha value is -5.69. The van der Waals surface area contributed by atoms with Crippen LogP contribution in [0.15, 0.2) is 60.9 Å². The van der Waals surface area contributed by atoms with Crippen LogP contribution in [-0.4, -0.2) is 141 Å². The van der Waals surface area contributed by atoms with Crippen molar-refractivity contribution in [2.45, 2.75) is 114 Å². The van der Waals surface area contributed by atoms with Crippen molar-refractivity contribution in [3.05, 3.63) is 77.6 Å². The predicted octanol–water partition coefficient (Wildman–Crippen LogP) is 6.05. The van der Waals surface area contributed by atoms with E-state index in [0.717, 1.165) is 32.6 Å². The van der Waals surface area contributed by atoms with Gasteiger partial charge in [-0.15, -0.1) is 0 Å². The first-order valence-electron chi connectivity index (χ1n) is 25.0. The highest BCUT2D eigenvalue weighted by molar-refractivity contribution is 7.91. The third kappa shape index (κ3) is 10.3. The highest BCUT2D eigenvalue weighted by atomic mass is 35.5. The van der Waals surface area contributed by atoms with E-state index < -0.39 is 29.2 Å². The molecule has 4 atom stereocenters. The molecule has 5 aliphatic heterocycles. The molecule has 5 aliphatic rings. The van der Waals surface area contributed by atoms with Gasteiger partial charge in [0, 0.05) is 35.9 Å². The maximum Gasteiger partial charge on any atom is 0.494 e. The zero-order valence-corrected chi connectivity index (χ0v) is 47.3. The molecule has 76 heavy (non-hydrogen) atoms. The highest BCUT2D eigenvalue weighted by Gasteiger charge is 2.52. The maximum atomic E-state index is 12.8. The van der Waals surface area contributed by atoms with Gasteiger partial charge in [0.2, 0.25) is 5.28 Å². The lowest BCUT2D eigenvalue weighted by Crippen LogP contribution is -2.56. The van der Waals surface area contributed by atoms with Crippen molar-refractivity contribution in [1.82, 2.24) is 29.9 Å². The van der Waals surface area contributed by atoms with Gasteiger partial charge in [0.1, 0.15) is 45.7 Å². The van der Waals surface area contributed by atoms with Crippen LogP contribution in [0, 0.1) is 0 Å². The molecule has 0 aliphatic carbocycles. The number of sulfone groups is 2. The third-order valence-electron chi connectivity index (χ3n) is 15.4. The van der Waals surface area contributed by atoms with E-state index in [1.807, 2.05) is 49.4 Å². The van der Waals surface area contributed by atoms with Crippen molar-refractivity contribution >= 4 is 88.7 Å². The zero-order chi connectivity index (χ0) is 55.1. The van der Waals surface area contributed by atoms with E-state index in [0.29, 0.717) is 91.6 Å². The monoisotopic (exact) mass is 1100 g/mol. The Morgan fingerprint density at radius 1 is 0.618 bits per heavy atom. The summed E-state index contributed by atoms with van der Waals surface area (Å²) in [4.78, 5) is 30.7. The van der Waals surface area contributed by atoms with Crippen molar-refractivity contribution in [3.8, 4) is 22.9 Å². The van der Waals surface area contributed by atoms with Gasteiger partial charge in [0.15, 0.2) is 48.6 Å². The first-order valence-corrected chi connectivity index (χ1v) is 29.2. The summed E-state index contributed by atoms with van der Waals surface area (Å²) in [7, 11) is -7.27. The fourth-order valence-electron chi connectivity index (χ4n) is 9.53. The number of nitrogens with zero attached hydrogens (tertiary/aromatic N) is 8. The number of anilines is 4. The Morgan fingerprint density at radius 2 is 1.08 bits per heavy atom. The van der Waals surface area contributed by atoms with Crippen LogP contribution in [0.4, 0.5) is 23.3 Å². The summed E-state index contributed by atoms with van der Waals surface area (Å²) < 4.78 is 82.8. The number of aromatic nitrogens is 6. The van der Waals surface area contributed by atoms with Gasteiger partial charge in [-0.2, -0.15) is 4.98 Å². The Kier molecular flexibility index (Phi) is 14.5. The van der Waals surface area contributed by atoms with Crippen molar-refractivity contribution in [2.24, 2.45) is 0 Å². The number of hydrogen-bond acceptors (Lipinski definition) is 20. The molecule has 3 saturated heterocycles. The van der Waals surface area contributed by atoms with Crippen LogP contribution >= 0.6 is 11.6 Å². The largest absolute Gasteiger partial charge is 0.494 e. The molecule has 2 aromatic carbocycles. The van der Waals surface area contributed by atoms with E-state index in [4.69, 9.17) is 61.3 Å². The smallest absolute Gasteiger partial charge is 0.486 e. The van der Waals surface area contributed by atoms with Crippen LogP contribution in [0.3, 0.4) is 0 Å². The molecule has 0 saturated carbocycles. The number of ether oxygens (including phenoxy) is 4. The van der Waals surface area contributed by atoms with E-state index >= 15 is 0 Å². The molecule has 20 nitrogen and oxygen atoms in total. The summed E-state index contributed by atoms with van der Waals surface area (Å²) in [6.45, 7) is 21.8. The number of nitrogen functional groups attached to an aromatic ring is 2. The van der Waals surface area contributed by atoms with Gasteiger partial charge in [-0.3, -0.25) is 0 Å². The molecule has 0 spiro atoms. The Balaban J connectivity index is 0.000000145. The van der Waals surface area contributed by atoms with Crippen LogP contribution in [0.25, 0.3) is 32.9 Å². The van der Waals surface area contributed by atoms with E-state index in [-0.39, 0.29) is 47.8 Å². The zero-order valence-electron chi connectivity index (χ0n) is 44.9. The number of hydrogen-bond donors (Lipinski definition) is 2. The molecule has 6 aromatic rings. The molecular weight excluding hydrogens is 1040 g/mol. The number of nitrogens with two attached hydrogens (primary N) is 2. The number of benzene rings is 2. The van der Waals surface area contributed by atoms with Crippen molar-refractivity contribution < 1.29 is 45.1 Å². The topological polar surface area (TPSA) is 260 Å². The summed E-state index contributed by atoms with van der Waals surface area (Å²) in [6.07, 6.45) is 5.88. The van der Waals surface area contributed by atoms with Crippen LogP contribution in [-0.2, 0) is 48.0 Å². The molecule has 0 radical (unpaired) electrons. The van der Waals surface area contributed by atoms with Gasteiger partial charge in [-0.25, -0.2) is 41.8 Å². The average Bonchev–Trinajstić information content (AvgIpc) is 3.65. The summed E-state index contributed by atoms with van der Waals surface area (Å²) in [5.41, 5.74) is 13.3. The van der Waals surface area contributed by atoms with Gasteiger partial charge in [0.25, 0.3) is 0 Å². The molecule has 9 heterocycles. The molecule has 4 N–H and O–H groups in total. The Labute approximate surface area is 449 Å². The minimum Gasteiger partial charge on any atom is -0.486 e. The molecule has 4 aromatic heterocycles. The summed E-state index contributed by atoms with van der Waals surface area (Å²) in [5.74, 6) is 3.38. The van der Waals surface area contributed by atoms with E-state index in [1.54, 1.807) is 46.2 Å². The van der Waals surface area contributed by atoms with Gasteiger partial charge in [-0.05, 0) is 121 Å². The SMILES string of the molecule is CC1(C)OB(c2ccc3cc(N)ncc3c2)OC1(C)C.C[C@@H]1COC[C@H]2COc3c(nc(-c4ccc5cc(N)ncc5c4)nc3C(C)(C)S(C)(=O)=O)N21.C[C@@H]1COC[C@H]2COc3c(nc(Cl)nc3C(C)(C)S(C)(=O)=O)N21. The Bertz CT molecular complexity index is 3450. The molecular formula is C52H66BClN10O10S2. The first kappa shape index (κ1) is 55.1. The first-order chi connectivity index (χ1) is 35.5. The molecule has 0 unspecified atom stereocenters. The van der Waals surface area contributed by atoms with Gasteiger partial charge >= 0.3 is 7.12 Å². The number of rotatable bonds is 6. The van der Waals surface area contributed by atoms with Gasteiger partial charge < -0.3 is 49.5 Å². The number of halogens is 1. The summed E-state index contributed by atoms with van der Waals surface area (Å²) in [5, 5.41) is 3.95. The van der Waals surface area contributed by atoms with Crippen LogP contribution in [0.5, 0.6) is 11.5 Å². The molecule has 24 heteroatoms. The fraction of sp³-hybridized carbons (Fsp3) is 0.500. The van der Waals surface area contributed by atoms with Crippen molar-refractivity contribution in [1.29, 1.82) is 0 Å². The van der Waals surface area contributed by atoms with Crippen molar-refractivity contribution in [3.63, 3.8) is 0 Å². The minimum absolute atomic E-state index is 0.00183. The highest BCUT2D eigenvalue weighted by Crippen LogP contribution is 2.46. The van der Waals surface area contributed by atoms with Crippen LogP contribution in [0.1, 0.15) is 80.6 Å². The van der Waals surface area contributed by atoms with Gasteiger partial charge in [0.05, 0.1) is 61.8 Å².